The van der Waals surface area contributed by atoms with Crippen molar-refractivity contribution in [2.45, 2.75) is 0 Å². The van der Waals surface area contributed by atoms with Gasteiger partial charge in [-0.25, -0.2) is 0 Å². The third-order valence-corrected chi connectivity index (χ3v) is 10.1. The average molecular weight is 676 g/mol. The zero-order chi connectivity index (χ0) is 35.4. The van der Waals surface area contributed by atoms with Crippen molar-refractivity contribution in [3.05, 3.63) is 224 Å². The molecule has 0 saturated carbocycles. The molecular formula is C52H37N. The SMILES string of the molecule is c1ccc(-c2ccc(N(c3ccc4ccccc4c3)c3ccc(-c4ccc(-c5ccccc5)c(-c5ccccc5)c4)cc3-c3ccccc3)cc2)cc1. The number of hydrogen-bond donors (Lipinski definition) is 0. The first-order chi connectivity index (χ1) is 26.3. The Labute approximate surface area is 311 Å². The Kier molecular flexibility index (Phi) is 8.66. The summed E-state index contributed by atoms with van der Waals surface area (Å²) in [5.74, 6) is 0. The average Bonchev–Trinajstić information content (AvgIpc) is 3.25. The van der Waals surface area contributed by atoms with E-state index < -0.39 is 0 Å². The van der Waals surface area contributed by atoms with Gasteiger partial charge < -0.3 is 4.90 Å². The topological polar surface area (TPSA) is 3.24 Å². The molecule has 250 valence electrons. The van der Waals surface area contributed by atoms with Gasteiger partial charge in [-0.3, -0.25) is 0 Å². The molecule has 0 fully saturated rings. The van der Waals surface area contributed by atoms with E-state index in [1.165, 1.54) is 60.8 Å². The predicted octanol–water partition coefficient (Wildman–Crippen LogP) is 14.6. The number of fused-ring (bicyclic) bond motifs is 1. The van der Waals surface area contributed by atoms with E-state index in [4.69, 9.17) is 0 Å². The maximum Gasteiger partial charge on any atom is 0.0540 e. The summed E-state index contributed by atoms with van der Waals surface area (Å²) in [5.41, 5.74) is 15.3. The van der Waals surface area contributed by atoms with E-state index in [9.17, 15) is 0 Å². The van der Waals surface area contributed by atoms with E-state index in [1.807, 2.05) is 0 Å². The van der Waals surface area contributed by atoms with E-state index >= 15 is 0 Å². The number of rotatable bonds is 8. The summed E-state index contributed by atoms with van der Waals surface area (Å²) in [6, 6.07) is 80.9. The molecule has 0 radical (unpaired) electrons. The van der Waals surface area contributed by atoms with Crippen molar-refractivity contribution in [1.82, 2.24) is 0 Å². The van der Waals surface area contributed by atoms with Crippen LogP contribution in [0.2, 0.25) is 0 Å². The summed E-state index contributed by atoms with van der Waals surface area (Å²) < 4.78 is 0. The Bertz CT molecular complexity index is 2630. The molecule has 0 aliphatic rings. The van der Waals surface area contributed by atoms with Crippen LogP contribution in [0.4, 0.5) is 17.1 Å². The monoisotopic (exact) mass is 675 g/mol. The first-order valence-electron chi connectivity index (χ1n) is 18.2. The van der Waals surface area contributed by atoms with Gasteiger partial charge in [-0.1, -0.05) is 182 Å². The van der Waals surface area contributed by atoms with Gasteiger partial charge in [-0.15, -0.1) is 0 Å². The number of anilines is 3. The maximum absolute atomic E-state index is 2.40. The molecule has 0 spiro atoms. The van der Waals surface area contributed by atoms with Gasteiger partial charge >= 0.3 is 0 Å². The molecule has 0 N–H and O–H groups in total. The molecule has 0 unspecified atom stereocenters. The van der Waals surface area contributed by atoms with Crippen LogP contribution in [-0.2, 0) is 0 Å². The van der Waals surface area contributed by atoms with Gasteiger partial charge in [0.2, 0.25) is 0 Å². The summed E-state index contributed by atoms with van der Waals surface area (Å²) in [6.45, 7) is 0. The van der Waals surface area contributed by atoms with Gasteiger partial charge in [0.25, 0.3) is 0 Å². The summed E-state index contributed by atoms with van der Waals surface area (Å²) in [7, 11) is 0. The van der Waals surface area contributed by atoms with Crippen molar-refractivity contribution in [1.29, 1.82) is 0 Å². The third kappa shape index (κ3) is 6.53. The fourth-order valence-electron chi connectivity index (χ4n) is 7.39. The second kappa shape index (κ2) is 14.3. The molecule has 1 heteroatoms. The molecule has 0 aliphatic heterocycles. The summed E-state index contributed by atoms with van der Waals surface area (Å²) in [4.78, 5) is 2.40. The largest absolute Gasteiger partial charge is 0.310 e. The van der Waals surface area contributed by atoms with Gasteiger partial charge in [-0.2, -0.15) is 0 Å². The highest BCUT2D eigenvalue weighted by molar-refractivity contribution is 5.95. The van der Waals surface area contributed by atoms with Crippen molar-refractivity contribution in [3.63, 3.8) is 0 Å². The molecule has 0 saturated heterocycles. The molecule has 0 aliphatic carbocycles. The molecule has 0 aromatic heterocycles. The van der Waals surface area contributed by atoms with E-state index in [-0.39, 0.29) is 0 Å². The number of benzene rings is 9. The smallest absolute Gasteiger partial charge is 0.0540 e. The highest BCUT2D eigenvalue weighted by atomic mass is 15.1. The molecular weight excluding hydrogens is 639 g/mol. The first-order valence-corrected chi connectivity index (χ1v) is 18.2. The fourth-order valence-corrected chi connectivity index (χ4v) is 7.39. The second-order valence-electron chi connectivity index (χ2n) is 13.4. The lowest BCUT2D eigenvalue weighted by atomic mass is 9.90. The van der Waals surface area contributed by atoms with E-state index in [1.54, 1.807) is 0 Å². The zero-order valence-electron chi connectivity index (χ0n) is 29.3. The Balaban J connectivity index is 1.22. The van der Waals surface area contributed by atoms with Gasteiger partial charge in [0.15, 0.2) is 0 Å². The molecule has 9 aromatic rings. The van der Waals surface area contributed by atoms with Gasteiger partial charge in [0.1, 0.15) is 0 Å². The lowest BCUT2D eigenvalue weighted by Crippen LogP contribution is -2.11. The second-order valence-corrected chi connectivity index (χ2v) is 13.4. The number of hydrogen-bond acceptors (Lipinski definition) is 1. The summed E-state index contributed by atoms with van der Waals surface area (Å²) in [6.07, 6.45) is 0. The molecule has 9 rings (SSSR count). The van der Waals surface area contributed by atoms with Crippen LogP contribution >= 0.6 is 0 Å². The van der Waals surface area contributed by atoms with Crippen molar-refractivity contribution in [2.24, 2.45) is 0 Å². The molecule has 0 atom stereocenters. The van der Waals surface area contributed by atoms with E-state index in [0.29, 0.717) is 0 Å². The maximum atomic E-state index is 2.40. The Hall–Kier alpha value is -6.96. The van der Waals surface area contributed by atoms with E-state index in [0.717, 1.165) is 22.6 Å². The minimum atomic E-state index is 1.10. The minimum Gasteiger partial charge on any atom is -0.310 e. The van der Waals surface area contributed by atoms with Crippen LogP contribution in [0.1, 0.15) is 0 Å². The van der Waals surface area contributed by atoms with Crippen molar-refractivity contribution < 1.29 is 0 Å². The fraction of sp³-hybridized carbons (Fsp3) is 0. The number of nitrogens with zero attached hydrogens (tertiary/aromatic N) is 1. The summed E-state index contributed by atoms with van der Waals surface area (Å²) in [5, 5.41) is 2.43. The molecule has 53 heavy (non-hydrogen) atoms. The summed E-state index contributed by atoms with van der Waals surface area (Å²) >= 11 is 0. The lowest BCUT2D eigenvalue weighted by Gasteiger charge is -2.29. The Morgan fingerprint density at radius 2 is 0.660 bits per heavy atom. The van der Waals surface area contributed by atoms with Crippen LogP contribution in [0.25, 0.3) is 66.4 Å². The zero-order valence-corrected chi connectivity index (χ0v) is 29.3. The molecule has 1 nitrogen and oxygen atoms in total. The molecule has 9 aromatic carbocycles. The van der Waals surface area contributed by atoms with Crippen LogP contribution in [0.5, 0.6) is 0 Å². The quantitative estimate of drug-likeness (QED) is 0.155. The van der Waals surface area contributed by atoms with Gasteiger partial charge in [0.05, 0.1) is 5.69 Å². The highest BCUT2D eigenvalue weighted by Gasteiger charge is 2.20. The van der Waals surface area contributed by atoms with Gasteiger partial charge in [0, 0.05) is 16.9 Å². The van der Waals surface area contributed by atoms with Crippen LogP contribution in [0.3, 0.4) is 0 Å². The van der Waals surface area contributed by atoms with Crippen LogP contribution in [0.15, 0.2) is 224 Å². The van der Waals surface area contributed by atoms with Crippen LogP contribution in [0, 0.1) is 0 Å². The molecule has 0 heterocycles. The van der Waals surface area contributed by atoms with Crippen LogP contribution < -0.4 is 4.90 Å². The minimum absolute atomic E-state index is 1.10. The first kappa shape index (κ1) is 32.0. The Morgan fingerprint density at radius 3 is 1.28 bits per heavy atom. The van der Waals surface area contributed by atoms with Crippen molar-refractivity contribution >= 4 is 27.8 Å². The standard InChI is InChI=1S/C52H37N/c1-5-15-38(16-6-1)40-25-30-47(31-26-40)53(48-32-27-39-17-13-14-24-44(39)35-48)52-34-29-46(37-51(52)43-22-11-4-12-23-43)45-28-33-49(41-18-7-2-8-19-41)50(36-45)42-20-9-3-10-21-42/h1-37H. The normalized spacial score (nSPS) is 11.0. The molecule has 0 amide bonds. The lowest BCUT2D eigenvalue weighted by molar-refractivity contribution is 1.29. The van der Waals surface area contributed by atoms with Gasteiger partial charge in [-0.05, 0) is 103 Å². The van der Waals surface area contributed by atoms with Crippen LogP contribution in [-0.4, -0.2) is 0 Å². The highest BCUT2D eigenvalue weighted by Crippen LogP contribution is 2.44. The van der Waals surface area contributed by atoms with E-state index in [2.05, 4.69) is 229 Å². The predicted molar refractivity (Wildman–Crippen MR) is 226 cm³/mol. The molecule has 0 bridgehead atoms. The van der Waals surface area contributed by atoms with Crippen molar-refractivity contribution in [3.8, 4) is 55.6 Å². The Morgan fingerprint density at radius 1 is 0.226 bits per heavy atom. The van der Waals surface area contributed by atoms with Crippen molar-refractivity contribution in [2.75, 3.05) is 4.90 Å². The third-order valence-electron chi connectivity index (χ3n) is 10.1.